The van der Waals surface area contributed by atoms with Gasteiger partial charge in [-0.2, -0.15) is 0 Å². The topological polar surface area (TPSA) is 35.5 Å². The van der Waals surface area contributed by atoms with Crippen molar-refractivity contribution in [3.63, 3.8) is 0 Å². The van der Waals surface area contributed by atoms with Gasteiger partial charge in [0, 0.05) is 17.5 Å². The third-order valence-corrected chi connectivity index (χ3v) is 5.13. The van der Waals surface area contributed by atoms with Crippen LogP contribution in [0.25, 0.3) is 0 Å². The number of ether oxygens (including phenoxy) is 2. The first-order valence-electron chi connectivity index (χ1n) is 10.4. The SMILES string of the molecule is CCCC[C@H](CC)CC(=O)Oc1c(C(C)(C)C)cc(OC)cc1C(C)(C)C. The number of hydrogen-bond acceptors (Lipinski definition) is 3. The lowest BCUT2D eigenvalue weighted by Gasteiger charge is -2.30. The van der Waals surface area contributed by atoms with Gasteiger partial charge in [-0.25, -0.2) is 0 Å². The van der Waals surface area contributed by atoms with Crippen molar-refractivity contribution >= 4 is 5.97 Å². The van der Waals surface area contributed by atoms with E-state index in [2.05, 4.69) is 55.4 Å². The van der Waals surface area contributed by atoms with Gasteiger partial charge in [-0.1, -0.05) is 74.7 Å². The maximum Gasteiger partial charge on any atom is 0.311 e. The molecule has 3 heteroatoms. The van der Waals surface area contributed by atoms with Gasteiger partial charge >= 0.3 is 5.97 Å². The van der Waals surface area contributed by atoms with Crippen LogP contribution in [-0.4, -0.2) is 13.1 Å². The van der Waals surface area contributed by atoms with Gasteiger partial charge in [-0.3, -0.25) is 4.79 Å². The molecule has 0 unspecified atom stereocenters. The first-order chi connectivity index (χ1) is 12.4. The molecule has 0 fully saturated rings. The highest BCUT2D eigenvalue weighted by atomic mass is 16.5. The zero-order chi connectivity index (χ0) is 20.8. The fourth-order valence-corrected chi connectivity index (χ4v) is 3.28. The lowest BCUT2D eigenvalue weighted by atomic mass is 9.79. The van der Waals surface area contributed by atoms with E-state index in [9.17, 15) is 4.79 Å². The van der Waals surface area contributed by atoms with Crippen LogP contribution in [0.15, 0.2) is 12.1 Å². The van der Waals surface area contributed by atoms with Crippen molar-refractivity contribution in [3.05, 3.63) is 23.3 Å². The first kappa shape index (κ1) is 23.5. The van der Waals surface area contributed by atoms with Crippen molar-refractivity contribution in [3.8, 4) is 11.5 Å². The van der Waals surface area contributed by atoms with Crippen LogP contribution in [0.1, 0.15) is 98.6 Å². The zero-order valence-corrected chi connectivity index (χ0v) is 19.0. The molecule has 0 amide bonds. The Balaban J connectivity index is 3.29. The molecular formula is C24H40O3. The molecule has 0 heterocycles. The van der Waals surface area contributed by atoms with E-state index in [1.54, 1.807) is 7.11 Å². The molecule has 1 rings (SSSR count). The summed E-state index contributed by atoms with van der Waals surface area (Å²) in [5, 5.41) is 0. The molecule has 1 aromatic carbocycles. The van der Waals surface area contributed by atoms with Crippen molar-refractivity contribution in [2.45, 2.75) is 98.3 Å². The minimum atomic E-state index is -0.156. The number of carbonyl (C=O) groups is 1. The molecule has 0 saturated heterocycles. The molecular weight excluding hydrogens is 336 g/mol. The Labute approximate surface area is 166 Å². The van der Waals surface area contributed by atoms with Crippen molar-refractivity contribution in [1.82, 2.24) is 0 Å². The molecule has 1 atom stereocenters. The summed E-state index contributed by atoms with van der Waals surface area (Å²) in [7, 11) is 1.68. The van der Waals surface area contributed by atoms with Gasteiger partial charge in [0.1, 0.15) is 11.5 Å². The van der Waals surface area contributed by atoms with Crippen LogP contribution < -0.4 is 9.47 Å². The second-order valence-electron chi connectivity index (χ2n) is 9.65. The summed E-state index contributed by atoms with van der Waals surface area (Å²) in [4.78, 5) is 12.8. The molecule has 0 aliphatic heterocycles. The molecule has 0 spiro atoms. The number of rotatable bonds is 8. The van der Waals surface area contributed by atoms with Crippen LogP contribution in [0, 0.1) is 5.92 Å². The molecule has 3 nitrogen and oxygen atoms in total. The lowest BCUT2D eigenvalue weighted by molar-refractivity contribution is -0.135. The third-order valence-electron chi connectivity index (χ3n) is 5.13. The fraction of sp³-hybridized carbons (Fsp3) is 0.708. The quantitative estimate of drug-likeness (QED) is 0.369. The standard InChI is InChI=1S/C24H40O3/c1-10-12-13-17(11-2)14-21(25)27-22-19(23(3,4)5)15-18(26-9)16-20(22)24(6,7)8/h15-17H,10-14H2,1-9H3/t17-/m0/s1. The average Bonchev–Trinajstić information content (AvgIpc) is 2.56. The molecule has 0 bridgehead atoms. The molecule has 0 N–H and O–H groups in total. The van der Waals surface area contributed by atoms with Gasteiger partial charge in [-0.05, 0) is 35.3 Å². The van der Waals surface area contributed by atoms with Crippen LogP contribution in [0.4, 0.5) is 0 Å². The number of methoxy groups -OCH3 is 1. The van der Waals surface area contributed by atoms with Gasteiger partial charge in [0.25, 0.3) is 0 Å². The van der Waals surface area contributed by atoms with Gasteiger partial charge in [-0.15, -0.1) is 0 Å². The number of unbranched alkanes of at least 4 members (excludes halogenated alkanes) is 1. The Morgan fingerprint density at radius 1 is 1.00 bits per heavy atom. The highest BCUT2D eigenvalue weighted by molar-refractivity contribution is 5.74. The lowest BCUT2D eigenvalue weighted by Crippen LogP contribution is -2.23. The Kier molecular flexibility index (Phi) is 8.38. The maximum absolute atomic E-state index is 12.8. The minimum absolute atomic E-state index is 0.126. The summed E-state index contributed by atoms with van der Waals surface area (Å²) >= 11 is 0. The van der Waals surface area contributed by atoms with E-state index in [1.165, 1.54) is 0 Å². The molecule has 1 aromatic rings. The largest absolute Gasteiger partial charge is 0.497 e. The van der Waals surface area contributed by atoms with Crippen molar-refractivity contribution < 1.29 is 14.3 Å². The van der Waals surface area contributed by atoms with E-state index in [4.69, 9.17) is 9.47 Å². The second kappa shape index (κ2) is 9.61. The first-order valence-corrected chi connectivity index (χ1v) is 10.4. The van der Waals surface area contributed by atoms with Gasteiger partial charge < -0.3 is 9.47 Å². The molecule has 0 aliphatic carbocycles. The van der Waals surface area contributed by atoms with E-state index >= 15 is 0 Å². The second-order valence-corrected chi connectivity index (χ2v) is 9.65. The summed E-state index contributed by atoms with van der Waals surface area (Å²) in [5.74, 6) is 1.79. The Morgan fingerprint density at radius 3 is 1.89 bits per heavy atom. The number of hydrogen-bond donors (Lipinski definition) is 0. The Morgan fingerprint density at radius 2 is 1.52 bits per heavy atom. The van der Waals surface area contributed by atoms with E-state index in [0.29, 0.717) is 18.1 Å². The molecule has 0 aliphatic rings. The predicted octanol–water partition coefficient (Wildman–Crippen LogP) is 6.80. The highest BCUT2D eigenvalue weighted by Crippen LogP contribution is 2.42. The average molecular weight is 377 g/mol. The smallest absolute Gasteiger partial charge is 0.311 e. The fourth-order valence-electron chi connectivity index (χ4n) is 3.28. The number of benzene rings is 1. The number of carbonyl (C=O) groups excluding carboxylic acids is 1. The summed E-state index contributed by atoms with van der Waals surface area (Å²) in [5.41, 5.74) is 1.72. The Bertz CT molecular complexity index is 582. The van der Waals surface area contributed by atoms with Crippen molar-refractivity contribution in [2.75, 3.05) is 7.11 Å². The molecule has 0 aromatic heterocycles. The number of esters is 1. The molecule has 0 saturated carbocycles. The Hall–Kier alpha value is -1.51. The maximum atomic E-state index is 12.8. The summed E-state index contributed by atoms with van der Waals surface area (Å²) in [6.07, 6.45) is 4.90. The van der Waals surface area contributed by atoms with E-state index in [0.717, 1.165) is 42.6 Å². The van der Waals surface area contributed by atoms with Crippen LogP contribution in [0.2, 0.25) is 0 Å². The summed E-state index contributed by atoms with van der Waals surface area (Å²) in [6, 6.07) is 4.01. The normalized spacial score (nSPS) is 13.4. The van der Waals surface area contributed by atoms with Crippen molar-refractivity contribution in [2.24, 2.45) is 5.92 Å². The van der Waals surface area contributed by atoms with E-state index in [1.807, 2.05) is 12.1 Å². The molecule has 154 valence electrons. The van der Waals surface area contributed by atoms with Gasteiger partial charge in [0.05, 0.1) is 7.11 Å². The van der Waals surface area contributed by atoms with Crippen molar-refractivity contribution in [1.29, 1.82) is 0 Å². The summed E-state index contributed by atoms with van der Waals surface area (Å²) in [6.45, 7) is 17.2. The summed E-state index contributed by atoms with van der Waals surface area (Å²) < 4.78 is 11.6. The van der Waals surface area contributed by atoms with Crippen LogP contribution in [0.3, 0.4) is 0 Å². The molecule has 27 heavy (non-hydrogen) atoms. The zero-order valence-electron chi connectivity index (χ0n) is 19.0. The van der Waals surface area contributed by atoms with Gasteiger partial charge in [0.15, 0.2) is 0 Å². The minimum Gasteiger partial charge on any atom is -0.497 e. The van der Waals surface area contributed by atoms with E-state index < -0.39 is 0 Å². The predicted molar refractivity (Wildman–Crippen MR) is 114 cm³/mol. The van der Waals surface area contributed by atoms with Crippen LogP contribution in [-0.2, 0) is 15.6 Å². The van der Waals surface area contributed by atoms with E-state index in [-0.39, 0.29) is 16.8 Å². The highest BCUT2D eigenvalue weighted by Gasteiger charge is 2.30. The van der Waals surface area contributed by atoms with Crippen LogP contribution >= 0.6 is 0 Å². The monoisotopic (exact) mass is 376 g/mol. The third kappa shape index (κ3) is 6.86. The molecule has 0 radical (unpaired) electrons. The van der Waals surface area contributed by atoms with Gasteiger partial charge in [0.2, 0.25) is 0 Å². The van der Waals surface area contributed by atoms with Crippen LogP contribution in [0.5, 0.6) is 11.5 Å².